The number of benzene rings is 1. The second-order valence-corrected chi connectivity index (χ2v) is 5.27. The van der Waals surface area contributed by atoms with Gasteiger partial charge in [-0.3, -0.25) is 0 Å². The van der Waals surface area contributed by atoms with Crippen LogP contribution >= 0.6 is 0 Å². The van der Waals surface area contributed by atoms with Crippen LogP contribution < -0.4 is 29.6 Å². The Labute approximate surface area is 124 Å². The minimum absolute atomic E-state index is 0. The smallest absolute Gasteiger partial charge is 0.748 e. The summed E-state index contributed by atoms with van der Waals surface area (Å²) >= 11 is 0. The zero-order valence-corrected chi connectivity index (χ0v) is 12.7. The van der Waals surface area contributed by atoms with Crippen molar-refractivity contribution in [2.45, 2.75) is 25.4 Å². The first-order valence-corrected chi connectivity index (χ1v) is 6.70. The maximum Gasteiger partial charge on any atom is 1.00 e. The Hall–Kier alpha value is 0.0900. The summed E-state index contributed by atoms with van der Waals surface area (Å²) in [5.41, 5.74) is 1.000. The van der Waals surface area contributed by atoms with Crippen LogP contribution in [0.3, 0.4) is 0 Å². The Kier molecular flexibility index (Phi) is 8.28. The average Bonchev–Trinajstić information content (AvgIpc) is 2.17. The molecule has 0 fully saturated rings. The molecule has 0 aromatic heterocycles. The Bertz CT molecular complexity index is 405. The van der Waals surface area contributed by atoms with Crippen LogP contribution in [0.1, 0.15) is 18.4 Å². The van der Waals surface area contributed by atoms with Crippen molar-refractivity contribution in [3.05, 3.63) is 35.9 Å². The fourth-order valence-corrected chi connectivity index (χ4v) is 2.00. The first-order valence-electron chi connectivity index (χ1n) is 5.13. The Morgan fingerprint density at radius 3 is 2.35 bits per heavy atom. The molecule has 0 heterocycles. The summed E-state index contributed by atoms with van der Waals surface area (Å²) in [6, 6.07) is 9.44. The monoisotopic (exact) mass is 266 g/mol. The maximum absolute atomic E-state index is 10.3. The van der Waals surface area contributed by atoms with E-state index in [2.05, 4.69) is 0 Å². The van der Waals surface area contributed by atoms with Crippen LogP contribution in [-0.2, 0) is 16.5 Å². The van der Waals surface area contributed by atoms with Gasteiger partial charge in [-0.05, 0) is 24.8 Å². The fraction of sp³-hybridized carbons (Fsp3) is 0.455. The van der Waals surface area contributed by atoms with E-state index in [1.807, 2.05) is 30.3 Å². The summed E-state index contributed by atoms with van der Waals surface area (Å²) in [5.74, 6) is -0.404. The number of hydrogen-bond acceptors (Lipinski definition) is 4. The van der Waals surface area contributed by atoms with Crippen LogP contribution in [0.2, 0.25) is 0 Å². The van der Waals surface area contributed by atoms with Crippen molar-refractivity contribution in [2.24, 2.45) is 0 Å². The fourth-order valence-electron chi connectivity index (χ4n) is 1.48. The minimum atomic E-state index is -4.15. The van der Waals surface area contributed by atoms with Gasteiger partial charge in [0.15, 0.2) is 0 Å². The molecule has 1 rings (SSSR count). The summed E-state index contributed by atoms with van der Waals surface area (Å²) in [5, 5.41) is 9.60. The molecule has 1 unspecified atom stereocenters. The van der Waals surface area contributed by atoms with E-state index in [9.17, 15) is 18.1 Å². The molecule has 17 heavy (non-hydrogen) atoms. The van der Waals surface area contributed by atoms with Crippen molar-refractivity contribution >= 4 is 10.1 Å². The van der Waals surface area contributed by atoms with E-state index in [-0.39, 0.29) is 36.0 Å². The van der Waals surface area contributed by atoms with Gasteiger partial charge in [-0.1, -0.05) is 30.3 Å². The first kappa shape index (κ1) is 17.1. The van der Waals surface area contributed by atoms with Crippen molar-refractivity contribution in [1.82, 2.24) is 0 Å². The Morgan fingerprint density at radius 1 is 1.24 bits per heavy atom. The van der Waals surface area contributed by atoms with Crippen molar-refractivity contribution in [1.29, 1.82) is 0 Å². The molecule has 1 N–H and O–H groups in total. The third kappa shape index (κ3) is 8.77. The topological polar surface area (TPSA) is 77.4 Å². The first-order chi connectivity index (χ1) is 7.47. The molecule has 0 aliphatic carbocycles. The van der Waals surface area contributed by atoms with Crippen molar-refractivity contribution in [2.75, 3.05) is 5.75 Å². The van der Waals surface area contributed by atoms with Gasteiger partial charge >= 0.3 is 29.6 Å². The Balaban J connectivity index is 0.00000256. The van der Waals surface area contributed by atoms with Crippen LogP contribution in [-0.4, -0.2) is 29.9 Å². The molecule has 4 nitrogen and oxygen atoms in total. The molecule has 90 valence electrons. The van der Waals surface area contributed by atoms with Crippen LogP contribution in [0.5, 0.6) is 0 Å². The normalized spacial score (nSPS) is 12.8. The number of rotatable bonds is 6. The Morgan fingerprint density at radius 2 is 1.82 bits per heavy atom. The van der Waals surface area contributed by atoms with Crippen LogP contribution in [0.15, 0.2) is 30.3 Å². The summed E-state index contributed by atoms with van der Waals surface area (Å²) in [6.07, 6.45) is 0.430. The van der Waals surface area contributed by atoms with Crippen LogP contribution in [0, 0.1) is 0 Å². The van der Waals surface area contributed by atoms with Crippen LogP contribution in [0.25, 0.3) is 0 Å². The zero-order valence-electron chi connectivity index (χ0n) is 9.87. The predicted molar refractivity (Wildman–Crippen MR) is 60.0 cm³/mol. The van der Waals surface area contributed by atoms with Crippen LogP contribution in [0.4, 0.5) is 0 Å². The van der Waals surface area contributed by atoms with Crippen molar-refractivity contribution in [3.63, 3.8) is 0 Å². The molecule has 1 atom stereocenters. The molecular formula is C11H15NaO4S. The molecule has 0 spiro atoms. The number of aliphatic hydroxyl groups is 1. The van der Waals surface area contributed by atoms with Gasteiger partial charge < -0.3 is 9.66 Å². The molecule has 0 saturated carbocycles. The molecule has 0 amide bonds. The average molecular weight is 266 g/mol. The van der Waals surface area contributed by atoms with E-state index in [0.29, 0.717) is 12.8 Å². The molecule has 0 aliphatic rings. The van der Waals surface area contributed by atoms with E-state index < -0.39 is 22.0 Å². The van der Waals surface area contributed by atoms with Gasteiger partial charge in [0, 0.05) is 5.75 Å². The maximum atomic E-state index is 10.3. The summed E-state index contributed by atoms with van der Waals surface area (Å²) < 4.78 is 31.0. The second kappa shape index (κ2) is 8.24. The van der Waals surface area contributed by atoms with Crippen molar-refractivity contribution < 1.29 is 47.6 Å². The van der Waals surface area contributed by atoms with Crippen molar-refractivity contribution in [3.8, 4) is 0 Å². The third-order valence-electron chi connectivity index (χ3n) is 2.25. The molecule has 6 heteroatoms. The molecule has 1 aromatic carbocycles. The van der Waals surface area contributed by atoms with Gasteiger partial charge in [0.1, 0.15) is 0 Å². The molecule has 1 aromatic rings. The summed E-state index contributed by atoms with van der Waals surface area (Å²) in [7, 11) is -4.15. The quantitative estimate of drug-likeness (QED) is 0.473. The van der Waals surface area contributed by atoms with E-state index >= 15 is 0 Å². The van der Waals surface area contributed by atoms with Gasteiger partial charge in [-0.25, -0.2) is 8.42 Å². The molecular weight excluding hydrogens is 251 g/mol. The summed E-state index contributed by atoms with van der Waals surface area (Å²) in [4.78, 5) is 0. The van der Waals surface area contributed by atoms with Gasteiger partial charge in [-0.2, -0.15) is 0 Å². The molecule has 0 saturated heterocycles. The predicted octanol–water partition coefficient (Wildman–Crippen LogP) is -2.08. The third-order valence-corrected chi connectivity index (χ3v) is 3.03. The standard InChI is InChI=1S/C11H16O4S.Na/c12-11(7-4-8-16(13,14)15)9-10-5-2-1-3-6-10;/h1-3,5-6,11-12H,4,7-9H2,(H,13,14,15);/q;+1/p-1. The van der Waals surface area contributed by atoms with E-state index in [1.54, 1.807) is 0 Å². The zero-order chi connectivity index (χ0) is 12.0. The second-order valence-electron chi connectivity index (χ2n) is 3.75. The molecule has 0 bridgehead atoms. The van der Waals surface area contributed by atoms with Gasteiger partial charge in [0.2, 0.25) is 0 Å². The largest absolute Gasteiger partial charge is 1.00 e. The molecule has 0 radical (unpaired) electrons. The number of hydrogen-bond donors (Lipinski definition) is 1. The summed E-state index contributed by atoms with van der Waals surface area (Å²) in [6.45, 7) is 0. The van der Waals surface area contributed by atoms with E-state index in [4.69, 9.17) is 0 Å². The SMILES string of the molecule is O=S(=O)([O-])CCCC(O)Cc1ccccc1.[Na+]. The van der Waals surface area contributed by atoms with Gasteiger partial charge in [-0.15, -0.1) is 0 Å². The number of aliphatic hydroxyl groups excluding tert-OH is 1. The van der Waals surface area contributed by atoms with Gasteiger partial charge in [0.05, 0.1) is 16.2 Å². The van der Waals surface area contributed by atoms with E-state index in [1.165, 1.54) is 0 Å². The van der Waals surface area contributed by atoms with E-state index in [0.717, 1.165) is 5.56 Å². The molecule has 0 aliphatic heterocycles. The minimum Gasteiger partial charge on any atom is -0.748 e. The van der Waals surface area contributed by atoms with Gasteiger partial charge in [0.25, 0.3) is 0 Å².